The van der Waals surface area contributed by atoms with Gasteiger partial charge >= 0.3 is 0 Å². The number of aryl methyl sites for hydroxylation is 2. The van der Waals surface area contributed by atoms with Gasteiger partial charge in [0.1, 0.15) is 0 Å². The van der Waals surface area contributed by atoms with E-state index in [0.29, 0.717) is 5.75 Å². The molecule has 94 valence electrons. The second-order valence-corrected chi connectivity index (χ2v) is 5.10. The zero-order valence-electron chi connectivity index (χ0n) is 10.3. The van der Waals surface area contributed by atoms with Gasteiger partial charge in [-0.15, -0.1) is 0 Å². The molecule has 0 spiro atoms. The van der Waals surface area contributed by atoms with Gasteiger partial charge in [0.25, 0.3) is 0 Å². The Labute approximate surface area is 107 Å². The zero-order chi connectivity index (χ0) is 12.7. The summed E-state index contributed by atoms with van der Waals surface area (Å²) >= 11 is 1.54. The Morgan fingerprint density at radius 1 is 1.41 bits per heavy atom. The minimum atomic E-state index is 0.0138. The van der Waals surface area contributed by atoms with Gasteiger partial charge < -0.3 is 10.4 Å². The molecule has 0 aliphatic heterocycles. The lowest BCUT2D eigenvalue weighted by Gasteiger charge is -2.08. The molecule has 1 rings (SSSR count). The fourth-order valence-corrected chi connectivity index (χ4v) is 2.21. The van der Waals surface area contributed by atoms with Crippen LogP contribution in [0.3, 0.4) is 0 Å². The fraction of sp³-hybridized carbons (Fsp3) is 0.462. The summed E-state index contributed by atoms with van der Waals surface area (Å²) in [6.45, 7) is 4.20. The van der Waals surface area contributed by atoms with E-state index in [9.17, 15) is 4.79 Å². The van der Waals surface area contributed by atoms with Crippen molar-refractivity contribution in [1.29, 1.82) is 0 Å². The van der Waals surface area contributed by atoms with Crippen LogP contribution in [0, 0.1) is 13.8 Å². The Bertz CT molecular complexity index is 380. The average Bonchev–Trinajstić information content (AvgIpc) is 2.28. The van der Waals surface area contributed by atoms with Crippen LogP contribution < -0.4 is 5.32 Å². The molecule has 2 N–H and O–H groups in total. The van der Waals surface area contributed by atoms with Gasteiger partial charge in [-0.2, -0.15) is 11.8 Å². The highest BCUT2D eigenvalue weighted by Gasteiger charge is 2.04. The van der Waals surface area contributed by atoms with Gasteiger partial charge in [-0.25, -0.2) is 0 Å². The number of hydrogen-bond donors (Lipinski definition) is 2. The number of nitrogens with one attached hydrogen (secondary N) is 1. The van der Waals surface area contributed by atoms with Gasteiger partial charge in [0, 0.05) is 12.3 Å². The smallest absolute Gasteiger partial charge is 0.234 e. The molecule has 4 heteroatoms. The summed E-state index contributed by atoms with van der Waals surface area (Å²) in [6.07, 6.45) is 0.738. The van der Waals surface area contributed by atoms with Crippen LogP contribution >= 0.6 is 11.8 Å². The summed E-state index contributed by atoms with van der Waals surface area (Å²) in [5.41, 5.74) is 3.15. The molecular weight excluding hydrogens is 234 g/mol. The number of benzene rings is 1. The molecule has 0 aliphatic carbocycles. The molecule has 0 saturated carbocycles. The lowest BCUT2D eigenvalue weighted by atomic mass is 10.1. The number of aliphatic hydroxyl groups is 1. The Morgan fingerprint density at radius 3 is 2.82 bits per heavy atom. The molecule has 0 bridgehead atoms. The normalized spacial score (nSPS) is 10.3. The third kappa shape index (κ3) is 5.24. The average molecular weight is 253 g/mol. The summed E-state index contributed by atoms with van der Waals surface area (Å²) in [7, 11) is 0. The molecule has 0 heterocycles. The van der Waals surface area contributed by atoms with E-state index in [0.717, 1.165) is 23.4 Å². The SMILES string of the molecule is Cc1ccc(NC(=O)CSCCCO)c(C)c1. The molecule has 1 aromatic rings. The van der Waals surface area contributed by atoms with E-state index >= 15 is 0 Å². The largest absolute Gasteiger partial charge is 0.396 e. The number of amides is 1. The molecular formula is C13H19NO2S. The van der Waals surface area contributed by atoms with Crippen molar-refractivity contribution in [3.63, 3.8) is 0 Å². The van der Waals surface area contributed by atoms with Crippen LogP contribution in [0.5, 0.6) is 0 Å². The molecule has 0 fully saturated rings. The molecule has 1 amide bonds. The molecule has 0 unspecified atom stereocenters. The van der Waals surface area contributed by atoms with E-state index in [4.69, 9.17) is 5.11 Å². The fourth-order valence-electron chi connectivity index (χ4n) is 1.47. The molecule has 0 radical (unpaired) electrons. The van der Waals surface area contributed by atoms with Gasteiger partial charge in [0.15, 0.2) is 0 Å². The van der Waals surface area contributed by atoms with Gasteiger partial charge in [-0.3, -0.25) is 4.79 Å². The first-order valence-corrected chi connectivity index (χ1v) is 6.84. The van der Waals surface area contributed by atoms with Gasteiger partial charge in [0.2, 0.25) is 5.91 Å². The summed E-state index contributed by atoms with van der Waals surface area (Å²) in [5.74, 6) is 1.27. The molecule has 0 aromatic heterocycles. The van der Waals surface area contributed by atoms with Crippen molar-refractivity contribution in [1.82, 2.24) is 0 Å². The highest BCUT2D eigenvalue weighted by Crippen LogP contribution is 2.16. The van der Waals surface area contributed by atoms with E-state index in [1.807, 2.05) is 26.0 Å². The van der Waals surface area contributed by atoms with Gasteiger partial charge in [0.05, 0.1) is 5.75 Å². The van der Waals surface area contributed by atoms with Crippen molar-refractivity contribution in [3.8, 4) is 0 Å². The predicted octanol–water partition coefficient (Wildman–Crippen LogP) is 2.36. The van der Waals surface area contributed by atoms with Crippen molar-refractivity contribution in [2.24, 2.45) is 0 Å². The third-order valence-electron chi connectivity index (χ3n) is 2.34. The van der Waals surface area contributed by atoms with Crippen LogP contribution in [-0.2, 0) is 4.79 Å². The van der Waals surface area contributed by atoms with Gasteiger partial charge in [-0.1, -0.05) is 17.7 Å². The minimum absolute atomic E-state index is 0.0138. The highest BCUT2D eigenvalue weighted by atomic mass is 32.2. The Morgan fingerprint density at radius 2 is 2.18 bits per heavy atom. The molecule has 1 aromatic carbocycles. The number of anilines is 1. The number of carbonyl (C=O) groups is 1. The van der Waals surface area contributed by atoms with E-state index in [1.165, 1.54) is 5.56 Å². The maximum Gasteiger partial charge on any atom is 0.234 e. The van der Waals surface area contributed by atoms with Crippen molar-refractivity contribution in [2.75, 3.05) is 23.4 Å². The van der Waals surface area contributed by atoms with Crippen LogP contribution in [0.1, 0.15) is 17.5 Å². The topological polar surface area (TPSA) is 49.3 Å². The van der Waals surface area contributed by atoms with Gasteiger partial charge in [-0.05, 0) is 37.7 Å². The van der Waals surface area contributed by atoms with Crippen LogP contribution in [0.2, 0.25) is 0 Å². The minimum Gasteiger partial charge on any atom is -0.396 e. The van der Waals surface area contributed by atoms with Crippen LogP contribution in [0.15, 0.2) is 18.2 Å². The quantitative estimate of drug-likeness (QED) is 0.765. The Hall–Kier alpha value is -1.00. The number of carbonyl (C=O) groups excluding carboxylic acids is 1. The standard InChI is InChI=1S/C13H19NO2S/c1-10-4-5-12(11(2)8-10)14-13(16)9-17-7-3-6-15/h4-5,8,15H,3,6-7,9H2,1-2H3,(H,14,16). The van der Waals surface area contributed by atoms with Crippen LogP contribution in [0.4, 0.5) is 5.69 Å². The van der Waals surface area contributed by atoms with E-state index in [1.54, 1.807) is 11.8 Å². The first-order valence-electron chi connectivity index (χ1n) is 5.69. The maximum atomic E-state index is 11.6. The van der Waals surface area contributed by atoms with Crippen LogP contribution in [0.25, 0.3) is 0 Å². The van der Waals surface area contributed by atoms with Crippen molar-refractivity contribution >= 4 is 23.4 Å². The zero-order valence-corrected chi connectivity index (χ0v) is 11.1. The number of hydrogen-bond acceptors (Lipinski definition) is 3. The van der Waals surface area contributed by atoms with E-state index < -0.39 is 0 Å². The predicted molar refractivity (Wildman–Crippen MR) is 73.6 cm³/mol. The first-order chi connectivity index (χ1) is 8.13. The summed E-state index contributed by atoms with van der Waals surface area (Å²) < 4.78 is 0. The monoisotopic (exact) mass is 253 g/mol. The van der Waals surface area contributed by atoms with E-state index in [2.05, 4.69) is 11.4 Å². The molecule has 3 nitrogen and oxygen atoms in total. The van der Waals surface area contributed by atoms with Crippen molar-refractivity contribution in [2.45, 2.75) is 20.3 Å². The molecule has 0 atom stereocenters. The number of aliphatic hydroxyl groups excluding tert-OH is 1. The van der Waals surface area contributed by atoms with Crippen LogP contribution in [-0.4, -0.2) is 29.1 Å². The molecule has 17 heavy (non-hydrogen) atoms. The summed E-state index contributed by atoms with van der Waals surface area (Å²) in [6, 6.07) is 5.97. The Balaban J connectivity index is 2.40. The maximum absolute atomic E-state index is 11.6. The third-order valence-corrected chi connectivity index (χ3v) is 3.38. The molecule has 0 saturated heterocycles. The second kappa shape index (κ2) is 7.35. The summed E-state index contributed by atoms with van der Waals surface area (Å²) in [5, 5.41) is 11.5. The first kappa shape index (κ1) is 14.1. The Kier molecular flexibility index (Phi) is 6.08. The van der Waals surface area contributed by atoms with Crippen molar-refractivity contribution in [3.05, 3.63) is 29.3 Å². The second-order valence-electron chi connectivity index (χ2n) is 4.00. The van der Waals surface area contributed by atoms with Crippen molar-refractivity contribution < 1.29 is 9.90 Å². The molecule has 0 aliphatic rings. The highest BCUT2D eigenvalue weighted by molar-refractivity contribution is 7.99. The summed E-state index contributed by atoms with van der Waals surface area (Å²) in [4.78, 5) is 11.6. The number of rotatable bonds is 6. The number of thioether (sulfide) groups is 1. The lowest BCUT2D eigenvalue weighted by molar-refractivity contribution is -0.113. The lowest BCUT2D eigenvalue weighted by Crippen LogP contribution is -2.15. The van der Waals surface area contributed by atoms with E-state index in [-0.39, 0.29) is 12.5 Å².